The highest BCUT2D eigenvalue weighted by molar-refractivity contribution is 4.95. The standard InChI is InChI=1S/C13H25N3O2/c1-5-13(6-2,18-8-4)11(17)9-12-14-10-15-16(12)7-3/h10-11,17H,5-9H2,1-4H3. The van der Waals surface area contributed by atoms with Gasteiger partial charge in [0.2, 0.25) is 0 Å². The van der Waals surface area contributed by atoms with E-state index in [0.717, 1.165) is 25.2 Å². The molecule has 1 N–H and O–H groups in total. The summed E-state index contributed by atoms with van der Waals surface area (Å²) < 4.78 is 7.62. The van der Waals surface area contributed by atoms with Crippen molar-refractivity contribution in [3.05, 3.63) is 12.2 Å². The predicted molar refractivity (Wildman–Crippen MR) is 70.3 cm³/mol. The highest BCUT2D eigenvalue weighted by Gasteiger charge is 2.36. The molecule has 0 aliphatic heterocycles. The zero-order valence-corrected chi connectivity index (χ0v) is 11.9. The van der Waals surface area contributed by atoms with Gasteiger partial charge in [-0.1, -0.05) is 13.8 Å². The van der Waals surface area contributed by atoms with Crippen molar-refractivity contribution in [3.8, 4) is 0 Å². The van der Waals surface area contributed by atoms with Gasteiger partial charge in [0.1, 0.15) is 12.2 Å². The van der Waals surface area contributed by atoms with Crippen LogP contribution in [0.1, 0.15) is 46.4 Å². The van der Waals surface area contributed by atoms with Gasteiger partial charge in [0.05, 0.1) is 11.7 Å². The molecule has 1 atom stereocenters. The van der Waals surface area contributed by atoms with Crippen LogP contribution in [0.2, 0.25) is 0 Å². The maximum Gasteiger partial charge on any atom is 0.138 e. The zero-order chi connectivity index (χ0) is 13.6. The Bertz CT molecular complexity index is 348. The van der Waals surface area contributed by atoms with Crippen molar-refractivity contribution in [3.63, 3.8) is 0 Å². The third-order valence-corrected chi connectivity index (χ3v) is 3.61. The largest absolute Gasteiger partial charge is 0.390 e. The Balaban J connectivity index is 2.81. The van der Waals surface area contributed by atoms with E-state index in [2.05, 4.69) is 10.1 Å². The molecule has 1 aromatic heterocycles. The van der Waals surface area contributed by atoms with E-state index >= 15 is 0 Å². The topological polar surface area (TPSA) is 60.2 Å². The van der Waals surface area contributed by atoms with Crippen molar-refractivity contribution >= 4 is 0 Å². The number of aliphatic hydroxyl groups excluding tert-OH is 1. The molecule has 0 aliphatic rings. The Morgan fingerprint density at radius 3 is 2.50 bits per heavy atom. The van der Waals surface area contributed by atoms with Crippen LogP contribution in [0.4, 0.5) is 0 Å². The summed E-state index contributed by atoms with van der Waals surface area (Å²) in [5.74, 6) is 0.816. The Kier molecular flexibility index (Phi) is 5.75. The van der Waals surface area contributed by atoms with Crippen molar-refractivity contribution in [1.29, 1.82) is 0 Å². The van der Waals surface area contributed by atoms with E-state index in [1.165, 1.54) is 6.33 Å². The second kappa shape index (κ2) is 6.85. The molecule has 0 bridgehead atoms. The monoisotopic (exact) mass is 255 g/mol. The summed E-state index contributed by atoms with van der Waals surface area (Å²) in [5, 5.41) is 14.6. The second-order valence-corrected chi connectivity index (χ2v) is 4.42. The van der Waals surface area contributed by atoms with Crippen LogP contribution in [0.25, 0.3) is 0 Å². The fourth-order valence-electron chi connectivity index (χ4n) is 2.38. The van der Waals surface area contributed by atoms with Gasteiger partial charge in [-0.25, -0.2) is 4.98 Å². The van der Waals surface area contributed by atoms with Gasteiger partial charge in [-0.3, -0.25) is 4.68 Å². The lowest BCUT2D eigenvalue weighted by Crippen LogP contribution is -2.45. The lowest BCUT2D eigenvalue weighted by molar-refractivity contribution is -0.125. The molecular formula is C13H25N3O2. The number of aliphatic hydroxyl groups is 1. The van der Waals surface area contributed by atoms with Gasteiger partial charge in [0.25, 0.3) is 0 Å². The molecule has 1 aromatic rings. The van der Waals surface area contributed by atoms with Gasteiger partial charge in [-0.15, -0.1) is 0 Å². The van der Waals surface area contributed by atoms with Crippen molar-refractivity contribution in [2.75, 3.05) is 6.61 Å². The number of hydrogen-bond acceptors (Lipinski definition) is 4. The van der Waals surface area contributed by atoms with Crippen LogP contribution in [0.5, 0.6) is 0 Å². The first-order valence-corrected chi connectivity index (χ1v) is 6.82. The lowest BCUT2D eigenvalue weighted by atomic mass is 9.88. The van der Waals surface area contributed by atoms with Crippen LogP contribution in [-0.2, 0) is 17.7 Å². The molecule has 5 heteroatoms. The highest BCUT2D eigenvalue weighted by atomic mass is 16.5. The first kappa shape index (κ1) is 15.1. The summed E-state index contributed by atoms with van der Waals surface area (Å²) in [5.41, 5.74) is -0.473. The van der Waals surface area contributed by atoms with Crippen LogP contribution in [0, 0.1) is 0 Å². The van der Waals surface area contributed by atoms with Crippen LogP contribution < -0.4 is 0 Å². The second-order valence-electron chi connectivity index (χ2n) is 4.42. The summed E-state index contributed by atoms with van der Waals surface area (Å²) in [6.07, 6.45) is 3.04. The smallest absolute Gasteiger partial charge is 0.138 e. The highest BCUT2D eigenvalue weighted by Crippen LogP contribution is 2.27. The fourth-order valence-corrected chi connectivity index (χ4v) is 2.38. The maximum atomic E-state index is 10.5. The van der Waals surface area contributed by atoms with Gasteiger partial charge in [0.15, 0.2) is 0 Å². The van der Waals surface area contributed by atoms with Gasteiger partial charge in [-0.2, -0.15) is 5.10 Å². The summed E-state index contributed by atoms with van der Waals surface area (Å²) in [6, 6.07) is 0. The number of nitrogens with zero attached hydrogens (tertiary/aromatic N) is 3. The van der Waals surface area contributed by atoms with Crippen molar-refractivity contribution in [1.82, 2.24) is 14.8 Å². The van der Waals surface area contributed by atoms with E-state index < -0.39 is 11.7 Å². The zero-order valence-electron chi connectivity index (χ0n) is 11.9. The molecule has 0 aromatic carbocycles. The van der Waals surface area contributed by atoms with Gasteiger partial charge in [0, 0.05) is 19.6 Å². The lowest BCUT2D eigenvalue weighted by Gasteiger charge is -2.36. The van der Waals surface area contributed by atoms with Crippen molar-refractivity contribution in [2.24, 2.45) is 0 Å². The summed E-state index contributed by atoms with van der Waals surface area (Å²) in [6.45, 7) is 9.45. The summed E-state index contributed by atoms with van der Waals surface area (Å²) >= 11 is 0. The number of hydrogen-bond donors (Lipinski definition) is 1. The number of aryl methyl sites for hydroxylation is 1. The Hall–Kier alpha value is -0.940. The first-order chi connectivity index (χ1) is 8.63. The predicted octanol–water partition coefficient (Wildman–Crippen LogP) is 1.80. The van der Waals surface area contributed by atoms with E-state index in [0.29, 0.717) is 13.0 Å². The van der Waals surface area contributed by atoms with Gasteiger partial charge >= 0.3 is 0 Å². The molecule has 1 unspecified atom stereocenters. The van der Waals surface area contributed by atoms with Crippen LogP contribution >= 0.6 is 0 Å². The Morgan fingerprint density at radius 2 is 2.00 bits per heavy atom. The molecule has 18 heavy (non-hydrogen) atoms. The minimum atomic E-state index is -0.554. The van der Waals surface area contributed by atoms with Crippen molar-refractivity contribution in [2.45, 2.75) is 65.2 Å². The van der Waals surface area contributed by atoms with E-state index in [1.807, 2.05) is 32.4 Å². The molecule has 0 spiro atoms. The molecule has 1 heterocycles. The molecule has 0 fully saturated rings. The molecule has 0 amide bonds. The molecule has 0 aliphatic carbocycles. The number of aromatic nitrogens is 3. The average Bonchev–Trinajstić information content (AvgIpc) is 2.83. The van der Waals surface area contributed by atoms with Crippen LogP contribution in [0.15, 0.2) is 6.33 Å². The van der Waals surface area contributed by atoms with E-state index in [-0.39, 0.29) is 0 Å². The van der Waals surface area contributed by atoms with Crippen LogP contribution in [0.3, 0.4) is 0 Å². The Morgan fingerprint density at radius 1 is 1.33 bits per heavy atom. The SMILES string of the molecule is CCOC(CC)(CC)C(O)Cc1ncnn1CC. The van der Waals surface area contributed by atoms with E-state index in [4.69, 9.17) is 4.74 Å². The number of rotatable bonds is 8. The fraction of sp³-hybridized carbons (Fsp3) is 0.846. The number of ether oxygens (including phenoxy) is 1. The first-order valence-electron chi connectivity index (χ1n) is 6.82. The molecule has 0 radical (unpaired) electrons. The molecule has 5 nitrogen and oxygen atoms in total. The summed E-state index contributed by atoms with van der Waals surface area (Å²) in [7, 11) is 0. The minimum Gasteiger partial charge on any atom is -0.390 e. The summed E-state index contributed by atoms with van der Waals surface area (Å²) in [4.78, 5) is 4.21. The Labute approximate surface area is 109 Å². The third kappa shape index (κ3) is 3.09. The van der Waals surface area contributed by atoms with Crippen LogP contribution in [-0.4, -0.2) is 38.2 Å². The third-order valence-electron chi connectivity index (χ3n) is 3.61. The molecule has 1 rings (SSSR count). The van der Waals surface area contributed by atoms with Crippen molar-refractivity contribution < 1.29 is 9.84 Å². The maximum absolute atomic E-state index is 10.5. The van der Waals surface area contributed by atoms with E-state index in [9.17, 15) is 5.11 Å². The normalized spacial score (nSPS) is 13.8. The molecular weight excluding hydrogens is 230 g/mol. The minimum absolute atomic E-state index is 0.473. The average molecular weight is 255 g/mol. The van der Waals surface area contributed by atoms with Gasteiger partial charge < -0.3 is 9.84 Å². The molecule has 0 saturated heterocycles. The molecule has 0 saturated carbocycles. The van der Waals surface area contributed by atoms with Gasteiger partial charge in [-0.05, 0) is 26.7 Å². The quantitative estimate of drug-likeness (QED) is 0.769. The van der Waals surface area contributed by atoms with E-state index in [1.54, 1.807) is 0 Å². The molecule has 104 valence electrons.